The maximum absolute atomic E-state index is 12.8. The predicted molar refractivity (Wildman–Crippen MR) is 102 cm³/mol. The molecule has 2 aromatic heterocycles. The Labute approximate surface area is 164 Å². The monoisotopic (exact) mass is 384 g/mol. The van der Waals surface area contributed by atoms with Crippen LogP contribution < -0.4 is 10.2 Å². The molecule has 3 heterocycles. The van der Waals surface area contributed by atoms with Crippen molar-refractivity contribution < 1.29 is 18.8 Å². The molecule has 4 amide bonds. The third kappa shape index (κ3) is 3.40. The summed E-state index contributed by atoms with van der Waals surface area (Å²) >= 11 is 0. The Morgan fingerprint density at radius 2 is 1.72 bits per heavy atom. The summed E-state index contributed by atoms with van der Waals surface area (Å²) in [6.45, 7) is 0. The van der Waals surface area contributed by atoms with Crippen molar-refractivity contribution in [1.82, 2.24) is 10.3 Å². The van der Waals surface area contributed by atoms with E-state index in [1.807, 2.05) is 6.07 Å². The Hall–Kier alpha value is -4.51. The highest BCUT2D eigenvalue weighted by Crippen LogP contribution is 2.25. The lowest BCUT2D eigenvalue weighted by atomic mass is 10.1. The second-order valence-corrected chi connectivity index (χ2v) is 6.05. The summed E-state index contributed by atoms with van der Waals surface area (Å²) in [7, 11) is 0. The number of amides is 4. The molecule has 1 fully saturated rings. The fraction of sp³-hybridized carbons (Fsp3) is 0. The van der Waals surface area contributed by atoms with Crippen LogP contribution >= 0.6 is 0 Å². The average Bonchev–Trinajstić information content (AvgIpc) is 3.20. The molecule has 0 unspecified atom stereocenters. The van der Waals surface area contributed by atoms with Crippen LogP contribution in [0.3, 0.4) is 0 Å². The maximum Gasteiger partial charge on any atom is 0.335 e. The number of hydrogen-bond donors (Lipinski definition) is 1. The zero-order chi connectivity index (χ0) is 20.4. The number of anilines is 1. The van der Waals surface area contributed by atoms with E-state index in [2.05, 4.69) is 10.3 Å². The normalized spacial score (nSPS) is 15.3. The van der Waals surface area contributed by atoms with Crippen molar-refractivity contribution in [2.45, 2.75) is 0 Å². The van der Waals surface area contributed by atoms with E-state index in [0.29, 0.717) is 17.0 Å². The summed E-state index contributed by atoms with van der Waals surface area (Å²) in [5, 5.41) is 11.0. The van der Waals surface area contributed by atoms with E-state index < -0.39 is 17.8 Å². The van der Waals surface area contributed by atoms with Crippen molar-refractivity contribution in [3.8, 4) is 17.4 Å². The number of nitriles is 1. The Kier molecular flexibility index (Phi) is 4.47. The molecule has 8 nitrogen and oxygen atoms in total. The van der Waals surface area contributed by atoms with Crippen LogP contribution in [-0.2, 0) is 9.59 Å². The van der Waals surface area contributed by atoms with E-state index in [1.54, 1.807) is 36.4 Å². The first kappa shape index (κ1) is 17.9. The van der Waals surface area contributed by atoms with Crippen molar-refractivity contribution in [2.75, 3.05) is 4.90 Å². The molecule has 0 radical (unpaired) electrons. The lowest BCUT2D eigenvalue weighted by molar-refractivity contribution is -0.122. The first-order chi connectivity index (χ1) is 14.1. The minimum atomic E-state index is -0.832. The number of imide groups is 2. The van der Waals surface area contributed by atoms with Crippen molar-refractivity contribution in [3.05, 3.63) is 77.8 Å². The topological polar surface area (TPSA) is 116 Å². The molecule has 0 atom stereocenters. The van der Waals surface area contributed by atoms with E-state index >= 15 is 0 Å². The highest BCUT2D eigenvalue weighted by Gasteiger charge is 2.37. The lowest BCUT2D eigenvalue weighted by Crippen LogP contribution is -2.54. The van der Waals surface area contributed by atoms with Crippen molar-refractivity contribution in [2.24, 2.45) is 0 Å². The van der Waals surface area contributed by atoms with Crippen LogP contribution in [0.15, 0.2) is 70.9 Å². The van der Waals surface area contributed by atoms with Gasteiger partial charge in [0.05, 0.1) is 17.3 Å². The maximum atomic E-state index is 12.8. The number of hydrogen-bond acceptors (Lipinski definition) is 6. The van der Waals surface area contributed by atoms with Gasteiger partial charge in [-0.1, -0.05) is 0 Å². The molecule has 1 aliphatic rings. The summed E-state index contributed by atoms with van der Waals surface area (Å²) in [6, 6.07) is 14.3. The number of nitrogens with one attached hydrogen (secondary N) is 1. The van der Waals surface area contributed by atoms with E-state index in [9.17, 15) is 14.4 Å². The van der Waals surface area contributed by atoms with Gasteiger partial charge in [0.25, 0.3) is 11.8 Å². The van der Waals surface area contributed by atoms with Gasteiger partial charge in [0.1, 0.15) is 17.1 Å². The highest BCUT2D eigenvalue weighted by molar-refractivity contribution is 6.39. The number of urea groups is 1. The third-order valence-electron chi connectivity index (χ3n) is 4.23. The minimum Gasteiger partial charge on any atom is -0.457 e. The first-order valence-corrected chi connectivity index (χ1v) is 8.48. The van der Waals surface area contributed by atoms with Gasteiger partial charge in [-0.3, -0.25) is 19.9 Å². The van der Waals surface area contributed by atoms with Crippen molar-refractivity contribution in [1.29, 1.82) is 5.26 Å². The van der Waals surface area contributed by atoms with Crippen LogP contribution in [0.5, 0.6) is 0 Å². The van der Waals surface area contributed by atoms with Gasteiger partial charge in [-0.15, -0.1) is 0 Å². The molecule has 4 rings (SSSR count). The Morgan fingerprint density at radius 1 is 1.00 bits per heavy atom. The van der Waals surface area contributed by atoms with Gasteiger partial charge in [0.15, 0.2) is 0 Å². The van der Waals surface area contributed by atoms with Crippen LogP contribution in [0.4, 0.5) is 10.5 Å². The predicted octanol–water partition coefficient (Wildman–Crippen LogP) is 2.88. The molecule has 0 saturated carbocycles. The van der Waals surface area contributed by atoms with E-state index in [-0.39, 0.29) is 11.3 Å². The SMILES string of the molecule is N#Cc1ccc(-c2ccc(/C=C3\C(=O)NC(=O)N(c4ccncc4)C3=O)o2)cc1. The fourth-order valence-electron chi connectivity index (χ4n) is 2.82. The van der Waals surface area contributed by atoms with Crippen LogP contribution in [0.1, 0.15) is 11.3 Å². The molecule has 8 heteroatoms. The number of benzene rings is 1. The van der Waals surface area contributed by atoms with Gasteiger partial charge in [-0.05, 0) is 54.6 Å². The Bertz CT molecular complexity index is 1190. The average molecular weight is 384 g/mol. The number of aromatic nitrogens is 1. The molecule has 140 valence electrons. The van der Waals surface area contributed by atoms with Gasteiger partial charge in [0.2, 0.25) is 0 Å². The Balaban J connectivity index is 1.65. The number of carbonyl (C=O) groups is 3. The summed E-state index contributed by atoms with van der Waals surface area (Å²) < 4.78 is 5.71. The van der Waals surface area contributed by atoms with Crippen LogP contribution in [0.2, 0.25) is 0 Å². The second kappa shape index (κ2) is 7.25. The number of carbonyl (C=O) groups excluding carboxylic acids is 3. The summed E-state index contributed by atoms with van der Waals surface area (Å²) in [4.78, 5) is 41.8. The molecule has 1 aromatic carbocycles. The van der Waals surface area contributed by atoms with E-state index in [4.69, 9.17) is 9.68 Å². The molecule has 0 aliphatic carbocycles. The quantitative estimate of drug-likeness (QED) is 0.548. The van der Waals surface area contributed by atoms with Gasteiger partial charge < -0.3 is 4.42 Å². The highest BCUT2D eigenvalue weighted by atomic mass is 16.3. The number of nitrogens with zero attached hydrogens (tertiary/aromatic N) is 3. The number of barbiturate groups is 1. The number of rotatable bonds is 3. The van der Waals surface area contributed by atoms with Gasteiger partial charge in [0, 0.05) is 18.0 Å². The largest absolute Gasteiger partial charge is 0.457 e. The zero-order valence-corrected chi connectivity index (χ0v) is 14.8. The van der Waals surface area contributed by atoms with Gasteiger partial charge >= 0.3 is 6.03 Å². The molecular formula is C21H12N4O4. The summed E-state index contributed by atoms with van der Waals surface area (Å²) in [5.74, 6) is -0.790. The molecular weight excluding hydrogens is 372 g/mol. The van der Waals surface area contributed by atoms with E-state index in [1.165, 1.54) is 30.6 Å². The number of furan rings is 1. The number of pyridine rings is 1. The van der Waals surface area contributed by atoms with Crippen LogP contribution in [-0.4, -0.2) is 22.8 Å². The lowest BCUT2D eigenvalue weighted by Gasteiger charge is -2.25. The summed E-state index contributed by atoms with van der Waals surface area (Å²) in [5.41, 5.74) is 1.32. The smallest absolute Gasteiger partial charge is 0.335 e. The zero-order valence-electron chi connectivity index (χ0n) is 14.8. The van der Waals surface area contributed by atoms with Gasteiger partial charge in [-0.2, -0.15) is 5.26 Å². The van der Waals surface area contributed by atoms with Gasteiger partial charge in [-0.25, -0.2) is 9.69 Å². The van der Waals surface area contributed by atoms with Crippen molar-refractivity contribution >= 4 is 29.6 Å². The molecule has 0 bridgehead atoms. The molecule has 1 N–H and O–H groups in total. The van der Waals surface area contributed by atoms with Crippen LogP contribution in [0, 0.1) is 11.3 Å². The fourth-order valence-corrected chi connectivity index (χ4v) is 2.82. The standard InChI is InChI=1S/C21H12N4O4/c22-12-13-1-3-14(4-2-13)18-6-5-16(29-18)11-17-19(26)24-21(28)25(20(17)27)15-7-9-23-10-8-15/h1-11H,(H,24,26,28)/b17-11+. The molecule has 1 aliphatic heterocycles. The molecule has 29 heavy (non-hydrogen) atoms. The van der Waals surface area contributed by atoms with Crippen LogP contribution in [0.25, 0.3) is 17.4 Å². The first-order valence-electron chi connectivity index (χ1n) is 8.48. The second-order valence-electron chi connectivity index (χ2n) is 6.05. The molecule has 0 spiro atoms. The minimum absolute atomic E-state index is 0.234. The van der Waals surface area contributed by atoms with E-state index in [0.717, 1.165) is 10.5 Å². The summed E-state index contributed by atoms with van der Waals surface area (Å²) in [6.07, 6.45) is 4.16. The van der Waals surface area contributed by atoms with Crippen molar-refractivity contribution in [3.63, 3.8) is 0 Å². The Morgan fingerprint density at radius 3 is 2.41 bits per heavy atom. The molecule has 3 aromatic rings. The third-order valence-corrected chi connectivity index (χ3v) is 4.23. The molecule has 1 saturated heterocycles.